The van der Waals surface area contributed by atoms with E-state index in [1.165, 1.54) is 30.9 Å². The third-order valence-corrected chi connectivity index (χ3v) is 4.05. The van der Waals surface area contributed by atoms with E-state index in [-0.39, 0.29) is 5.82 Å². The molecule has 104 valence electrons. The Hall–Kier alpha value is -1.78. The Morgan fingerprint density at radius 1 is 1.25 bits per heavy atom. The SMILES string of the molecule is NNC(c1cccc(C2CCC2)c1)c1ncccc1F. The molecule has 1 heterocycles. The number of nitrogens with two attached hydrogens (primary N) is 1. The molecule has 0 radical (unpaired) electrons. The molecule has 1 aliphatic carbocycles. The van der Waals surface area contributed by atoms with E-state index in [2.05, 4.69) is 22.5 Å². The van der Waals surface area contributed by atoms with Crippen molar-refractivity contribution in [2.75, 3.05) is 0 Å². The number of hydrogen-bond acceptors (Lipinski definition) is 3. The van der Waals surface area contributed by atoms with E-state index in [4.69, 9.17) is 5.84 Å². The van der Waals surface area contributed by atoms with Gasteiger partial charge in [-0.3, -0.25) is 10.8 Å². The molecule has 1 atom stereocenters. The molecule has 0 bridgehead atoms. The van der Waals surface area contributed by atoms with Gasteiger partial charge in [-0.05, 0) is 42.0 Å². The Bertz CT molecular complexity index is 596. The van der Waals surface area contributed by atoms with Crippen molar-refractivity contribution in [3.05, 3.63) is 65.2 Å². The fourth-order valence-corrected chi connectivity index (χ4v) is 2.68. The summed E-state index contributed by atoms with van der Waals surface area (Å²) in [4.78, 5) is 4.12. The zero-order chi connectivity index (χ0) is 13.9. The van der Waals surface area contributed by atoms with Crippen molar-refractivity contribution in [2.45, 2.75) is 31.2 Å². The van der Waals surface area contributed by atoms with Crippen LogP contribution in [0.3, 0.4) is 0 Å². The predicted molar refractivity (Wildman–Crippen MR) is 76.4 cm³/mol. The molecule has 3 N–H and O–H groups in total. The van der Waals surface area contributed by atoms with E-state index in [0.717, 1.165) is 5.56 Å². The van der Waals surface area contributed by atoms with Crippen LogP contribution < -0.4 is 11.3 Å². The van der Waals surface area contributed by atoms with Crippen molar-refractivity contribution in [1.29, 1.82) is 0 Å². The zero-order valence-corrected chi connectivity index (χ0v) is 11.2. The molecule has 1 aromatic heterocycles. The molecule has 1 fully saturated rings. The number of nitrogens with one attached hydrogen (secondary N) is 1. The van der Waals surface area contributed by atoms with Crippen LogP contribution in [0.15, 0.2) is 42.6 Å². The maximum Gasteiger partial charge on any atom is 0.146 e. The quantitative estimate of drug-likeness (QED) is 0.664. The third-order valence-electron chi connectivity index (χ3n) is 4.05. The molecule has 1 unspecified atom stereocenters. The number of nitrogens with zero attached hydrogens (tertiary/aromatic N) is 1. The fraction of sp³-hybridized carbons (Fsp3) is 0.312. The molecule has 1 aromatic carbocycles. The summed E-state index contributed by atoms with van der Waals surface area (Å²) in [5.74, 6) is 5.92. The van der Waals surface area contributed by atoms with Crippen LogP contribution in [0.1, 0.15) is 48.0 Å². The van der Waals surface area contributed by atoms with Crippen LogP contribution in [0.4, 0.5) is 4.39 Å². The largest absolute Gasteiger partial charge is 0.271 e. The van der Waals surface area contributed by atoms with Crippen LogP contribution >= 0.6 is 0 Å². The second-order valence-corrected chi connectivity index (χ2v) is 5.27. The van der Waals surface area contributed by atoms with Crippen molar-refractivity contribution in [2.24, 2.45) is 5.84 Å². The summed E-state index contributed by atoms with van der Waals surface area (Å²) in [5.41, 5.74) is 5.27. The van der Waals surface area contributed by atoms with Crippen LogP contribution in [0.2, 0.25) is 0 Å². The molecule has 2 aromatic rings. The van der Waals surface area contributed by atoms with Gasteiger partial charge in [-0.1, -0.05) is 30.7 Å². The smallest absolute Gasteiger partial charge is 0.146 e. The number of aromatic nitrogens is 1. The Kier molecular flexibility index (Phi) is 3.76. The summed E-state index contributed by atoms with van der Waals surface area (Å²) in [6.07, 6.45) is 5.35. The average Bonchev–Trinajstić information content (AvgIpc) is 2.40. The molecule has 1 aliphatic rings. The van der Waals surface area contributed by atoms with Gasteiger partial charge in [-0.2, -0.15) is 0 Å². The molecule has 3 rings (SSSR count). The molecule has 3 nitrogen and oxygen atoms in total. The number of hydrogen-bond donors (Lipinski definition) is 2. The monoisotopic (exact) mass is 271 g/mol. The highest BCUT2D eigenvalue weighted by molar-refractivity contribution is 5.34. The Morgan fingerprint density at radius 3 is 2.75 bits per heavy atom. The maximum absolute atomic E-state index is 13.9. The van der Waals surface area contributed by atoms with Crippen molar-refractivity contribution in [3.8, 4) is 0 Å². The topological polar surface area (TPSA) is 50.9 Å². The van der Waals surface area contributed by atoms with Crippen LogP contribution in [0.5, 0.6) is 0 Å². The standard InChI is InChI=1S/C16H18FN3/c17-14-8-3-9-19-16(14)15(20-18)13-7-2-6-12(10-13)11-4-1-5-11/h2-3,6-11,15,20H,1,4-5,18H2. The minimum Gasteiger partial charge on any atom is -0.271 e. The summed E-state index contributed by atoms with van der Waals surface area (Å²) in [7, 11) is 0. The van der Waals surface area contributed by atoms with E-state index in [1.54, 1.807) is 12.3 Å². The Labute approximate surface area is 118 Å². The third kappa shape index (κ3) is 2.44. The number of halogens is 1. The lowest BCUT2D eigenvalue weighted by atomic mass is 9.79. The number of benzene rings is 1. The summed E-state index contributed by atoms with van der Waals surface area (Å²) < 4.78 is 13.9. The molecule has 0 saturated heterocycles. The lowest BCUT2D eigenvalue weighted by Gasteiger charge is -2.27. The minimum absolute atomic E-state index is 0.334. The first-order valence-electron chi connectivity index (χ1n) is 6.96. The van der Waals surface area contributed by atoms with Crippen LogP contribution in [-0.2, 0) is 0 Å². The van der Waals surface area contributed by atoms with E-state index < -0.39 is 6.04 Å². The highest BCUT2D eigenvalue weighted by Crippen LogP contribution is 2.37. The van der Waals surface area contributed by atoms with Crippen LogP contribution in [0, 0.1) is 5.82 Å². The van der Waals surface area contributed by atoms with Gasteiger partial charge in [0.15, 0.2) is 0 Å². The van der Waals surface area contributed by atoms with Crippen LogP contribution in [0.25, 0.3) is 0 Å². The molecule has 0 aliphatic heterocycles. The summed E-state index contributed by atoms with van der Waals surface area (Å²) in [5, 5.41) is 0. The first kappa shape index (κ1) is 13.2. The summed E-state index contributed by atoms with van der Waals surface area (Å²) in [6, 6.07) is 10.8. The fourth-order valence-electron chi connectivity index (χ4n) is 2.68. The molecule has 1 saturated carbocycles. The van der Waals surface area contributed by atoms with E-state index in [9.17, 15) is 4.39 Å². The van der Waals surface area contributed by atoms with E-state index in [1.807, 2.05) is 12.1 Å². The first-order chi connectivity index (χ1) is 9.79. The second-order valence-electron chi connectivity index (χ2n) is 5.27. The minimum atomic E-state index is -0.420. The average molecular weight is 271 g/mol. The van der Waals surface area contributed by atoms with Crippen molar-refractivity contribution >= 4 is 0 Å². The highest BCUT2D eigenvalue weighted by atomic mass is 19.1. The van der Waals surface area contributed by atoms with Gasteiger partial charge in [0.25, 0.3) is 0 Å². The molecule has 20 heavy (non-hydrogen) atoms. The van der Waals surface area contributed by atoms with Crippen molar-refractivity contribution < 1.29 is 4.39 Å². The highest BCUT2D eigenvalue weighted by Gasteiger charge is 2.22. The van der Waals surface area contributed by atoms with Gasteiger partial charge in [0, 0.05) is 6.20 Å². The Balaban J connectivity index is 1.95. The summed E-state index contributed by atoms with van der Waals surface area (Å²) in [6.45, 7) is 0. The second kappa shape index (κ2) is 5.69. The summed E-state index contributed by atoms with van der Waals surface area (Å²) >= 11 is 0. The van der Waals surface area contributed by atoms with Gasteiger partial charge in [-0.25, -0.2) is 9.82 Å². The number of pyridine rings is 1. The molecular weight excluding hydrogens is 253 g/mol. The van der Waals surface area contributed by atoms with Crippen LogP contribution in [-0.4, -0.2) is 4.98 Å². The normalized spacial score (nSPS) is 16.7. The Morgan fingerprint density at radius 2 is 2.10 bits per heavy atom. The zero-order valence-electron chi connectivity index (χ0n) is 11.2. The van der Waals surface area contributed by atoms with E-state index in [0.29, 0.717) is 11.6 Å². The van der Waals surface area contributed by atoms with E-state index >= 15 is 0 Å². The maximum atomic E-state index is 13.9. The number of rotatable bonds is 4. The molecule has 0 spiro atoms. The first-order valence-corrected chi connectivity index (χ1v) is 6.96. The van der Waals surface area contributed by atoms with Gasteiger partial charge in [0.2, 0.25) is 0 Å². The van der Waals surface area contributed by atoms with Gasteiger partial charge < -0.3 is 0 Å². The van der Waals surface area contributed by atoms with Gasteiger partial charge in [0.05, 0.1) is 11.7 Å². The van der Waals surface area contributed by atoms with Crippen molar-refractivity contribution in [3.63, 3.8) is 0 Å². The molecule has 0 amide bonds. The van der Waals surface area contributed by atoms with Gasteiger partial charge >= 0.3 is 0 Å². The van der Waals surface area contributed by atoms with Gasteiger partial charge in [0.1, 0.15) is 5.82 Å². The van der Waals surface area contributed by atoms with Crippen molar-refractivity contribution in [1.82, 2.24) is 10.4 Å². The molecular formula is C16H18FN3. The number of hydrazine groups is 1. The predicted octanol–water partition coefficient (Wildman–Crippen LogP) is 3.04. The van der Waals surface area contributed by atoms with Gasteiger partial charge in [-0.15, -0.1) is 0 Å². The molecule has 4 heteroatoms. The lowest BCUT2D eigenvalue weighted by molar-refractivity contribution is 0.419. The lowest BCUT2D eigenvalue weighted by Crippen LogP contribution is -2.30.